The van der Waals surface area contributed by atoms with Crippen molar-refractivity contribution in [2.75, 3.05) is 6.61 Å². The number of ketones is 1. The van der Waals surface area contributed by atoms with Crippen molar-refractivity contribution in [3.63, 3.8) is 0 Å². The third kappa shape index (κ3) is 5.38. The van der Waals surface area contributed by atoms with E-state index in [4.69, 9.17) is 25.8 Å². The molecule has 4 rings (SSSR count). The van der Waals surface area contributed by atoms with E-state index >= 15 is 0 Å². The third-order valence-electron chi connectivity index (χ3n) is 6.11. The van der Waals surface area contributed by atoms with E-state index in [0.717, 1.165) is 42.6 Å². The highest BCUT2D eigenvalue weighted by atomic mass is 35.5. The van der Waals surface area contributed by atoms with E-state index in [9.17, 15) is 4.79 Å². The van der Waals surface area contributed by atoms with Crippen molar-refractivity contribution in [2.24, 2.45) is 0 Å². The Hall–Kier alpha value is -2.14. The molecule has 0 radical (unpaired) electrons. The van der Waals surface area contributed by atoms with Gasteiger partial charge in [0.15, 0.2) is 11.6 Å². The lowest BCUT2D eigenvalue weighted by Crippen LogP contribution is -2.59. The fourth-order valence-corrected chi connectivity index (χ4v) is 4.74. The van der Waals surface area contributed by atoms with Gasteiger partial charge in [0, 0.05) is 30.7 Å². The van der Waals surface area contributed by atoms with Crippen LogP contribution in [-0.2, 0) is 27.3 Å². The number of benzene rings is 2. The lowest BCUT2D eigenvalue weighted by Gasteiger charge is -2.48. The summed E-state index contributed by atoms with van der Waals surface area (Å²) in [5.74, 6) is 0.0262. The van der Waals surface area contributed by atoms with E-state index in [2.05, 4.69) is 6.58 Å². The van der Waals surface area contributed by atoms with Gasteiger partial charge in [-0.2, -0.15) is 0 Å². The summed E-state index contributed by atoms with van der Waals surface area (Å²) in [5, 5.41) is 0.420. The zero-order valence-electron chi connectivity index (χ0n) is 17.8. The third-order valence-corrected chi connectivity index (χ3v) is 6.24. The molecule has 2 aromatic carbocycles. The molecule has 0 N–H and O–H groups in total. The second-order valence-electron chi connectivity index (χ2n) is 8.57. The van der Waals surface area contributed by atoms with Crippen LogP contribution in [0, 0.1) is 0 Å². The number of Topliss-reactive ketones (excluding diaryl/α,β-unsaturated/α-hetero) is 1. The molecule has 31 heavy (non-hydrogen) atoms. The normalized spacial score (nSPS) is 22.9. The molecule has 0 amide bonds. The lowest BCUT2D eigenvalue weighted by atomic mass is 9.83. The van der Waals surface area contributed by atoms with Gasteiger partial charge in [-0.05, 0) is 36.1 Å². The molecule has 1 saturated heterocycles. The van der Waals surface area contributed by atoms with Crippen molar-refractivity contribution < 1.29 is 19.0 Å². The fourth-order valence-electron chi connectivity index (χ4n) is 4.52. The molecule has 164 valence electrons. The van der Waals surface area contributed by atoms with Gasteiger partial charge >= 0.3 is 0 Å². The summed E-state index contributed by atoms with van der Waals surface area (Å²) in [5.41, 5.74) is 1.07. The Morgan fingerprint density at radius 2 is 1.71 bits per heavy atom. The monoisotopic (exact) mass is 440 g/mol. The predicted octanol–water partition coefficient (Wildman–Crippen LogP) is 5.97. The minimum atomic E-state index is -1.04. The van der Waals surface area contributed by atoms with Crippen LogP contribution in [0.2, 0.25) is 0 Å². The number of hydrogen-bond donors (Lipinski definition) is 0. The van der Waals surface area contributed by atoms with E-state index in [-0.39, 0.29) is 18.8 Å². The smallest absolute Gasteiger partial charge is 0.191 e. The van der Waals surface area contributed by atoms with Crippen LogP contribution < -0.4 is 4.74 Å². The lowest BCUT2D eigenvalue weighted by molar-refractivity contribution is -0.315. The van der Waals surface area contributed by atoms with E-state index in [1.807, 2.05) is 54.6 Å². The Morgan fingerprint density at radius 1 is 1.00 bits per heavy atom. The van der Waals surface area contributed by atoms with Gasteiger partial charge in [-0.25, -0.2) is 0 Å². The molecule has 1 atom stereocenters. The molecule has 0 aromatic heterocycles. The Labute approximate surface area is 189 Å². The van der Waals surface area contributed by atoms with Gasteiger partial charge in [-0.1, -0.05) is 67.1 Å². The number of carbonyl (C=O) groups excluding carboxylic acids is 1. The highest BCUT2D eigenvalue weighted by Gasteiger charge is 2.52. The Balaban J connectivity index is 1.49. The molecule has 1 aliphatic carbocycles. The van der Waals surface area contributed by atoms with Crippen LogP contribution >= 0.6 is 11.6 Å². The molecule has 2 aromatic rings. The van der Waals surface area contributed by atoms with Crippen molar-refractivity contribution in [1.29, 1.82) is 0 Å². The second-order valence-corrected chi connectivity index (χ2v) is 9.10. The van der Waals surface area contributed by atoms with Crippen LogP contribution in [0.4, 0.5) is 0 Å². The molecule has 1 saturated carbocycles. The first kappa shape index (κ1) is 22.1. The van der Waals surface area contributed by atoms with Crippen LogP contribution in [-0.4, -0.2) is 23.8 Å². The zero-order valence-corrected chi connectivity index (χ0v) is 18.5. The Kier molecular flexibility index (Phi) is 6.80. The maximum absolute atomic E-state index is 13.0. The first-order chi connectivity index (χ1) is 15.0. The van der Waals surface area contributed by atoms with Crippen molar-refractivity contribution in [1.82, 2.24) is 0 Å². The molecule has 1 heterocycles. The van der Waals surface area contributed by atoms with Crippen LogP contribution in [0.25, 0.3) is 0 Å². The Morgan fingerprint density at radius 3 is 2.39 bits per heavy atom. The molecular formula is C26H29ClO4. The summed E-state index contributed by atoms with van der Waals surface area (Å²) >= 11 is 6.20. The van der Waals surface area contributed by atoms with Crippen LogP contribution in [0.5, 0.6) is 5.75 Å². The summed E-state index contributed by atoms with van der Waals surface area (Å²) in [6.45, 7) is 4.41. The molecule has 5 heteroatoms. The molecule has 1 spiro atoms. The quantitative estimate of drug-likeness (QED) is 0.532. The maximum Gasteiger partial charge on any atom is 0.191 e. The molecule has 1 aliphatic heterocycles. The van der Waals surface area contributed by atoms with E-state index in [1.54, 1.807) is 0 Å². The molecule has 4 nitrogen and oxygen atoms in total. The highest BCUT2D eigenvalue weighted by molar-refractivity contribution is 6.29. The zero-order chi connectivity index (χ0) is 21.7. The van der Waals surface area contributed by atoms with Crippen molar-refractivity contribution in [3.8, 4) is 5.75 Å². The summed E-state index contributed by atoms with van der Waals surface area (Å²) < 4.78 is 18.3. The van der Waals surface area contributed by atoms with Gasteiger partial charge in [-0.15, -0.1) is 0 Å². The summed E-state index contributed by atoms with van der Waals surface area (Å²) in [7, 11) is 0. The second kappa shape index (κ2) is 9.56. The van der Waals surface area contributed by atoms with Crippen molar-refractivity contribution in [3.05, 3.63) is 77.3 Å². The maximum atomic E-state index is 13.0. The summed E-state index contributed by atoms with van der Waals surface area (Å²) in [6.07, 6.45) is 5.58. The Bertz CT molecular complexity index is 903. The number of hydrogen-bond acceptors (Lipinski definition) is 4. The number of ether oxygens (including phenoxy) is 3. The van der Waals surface area contributed by atoms with E-state index < -0.39 is 11.4 Å². The first-order valence-electron chi connectivity index (χ1n) is 11.0. The number of carbonyl (C=O) groups is 1. The minimum absolute atomic E-state index is 0.0580. The standard InChI is InChI=1S/C26H29ClO4/c1-20(27)16-25(24(28)19-30-26(31-25)14-6-3-7-15-26)17-21-10-12-23(13-11-21)29-18-22-8-4-2-5-9-22/h2,4-5,8-13H,1,3,6-7,14-19H2/t25-/m1/s1. The SMILES string of the molecule is C=C(Cl)C[C@]1(Cc2ccc(OCc3ccccc3)cc2)OC2(CCCCC2)OCC1=O. The van der Waals surface area contributed by atoms with Crippen molar-refractivity contribution >= 4 is 17.4 Å². The number of halogens is 1. The molecule has 2 fully saturated rings. The molecule has 0 bridgehead atoms. The summed E-state index contributed by atoms with van der Waals surface area (Å²) in [4.78, 5) is 13.0. The molecule has 0 unspecified atom stereocenters. The predicted molar refractivity (Wildman–Crippen MR) is 121 cm³/mol. The van der Waals surface area contributed by atoms with Gasteiger partial charge in [-0.3, -0.25) is 4.79 Å². The van der Waals surface area contributed by atoms with Crippen LogP contribution in [0.1, 0.15) is 49.7 Å². The topological polar surface area (TPSA) is 44.8 Å². The average Bonchev–Trinajstić information content (AvgIpc) is 2.77. The molecule has 2 aliphatic rings. The van der Waals surface area contributed by atoms with E-state index in [0.29, 0.717) is 18.1 Å². The van der Waals surface area contributed by atoms with Gasteiger partial charge in [0.1, 0.15) is 24.6 Å². The highest BCUT2D eigenvalue weighted by Crippen LogP contribution is 2.43. The van der Waals surface area contributed by atoms with Crippen molar-refractivity contribution in [2.45, 2.75) is 62.9 Å². The van der Waals surface area contributed by atoms with Gasteiger partial charge in [0.2, 0.25) is 0 Å². The fraction of sp³-hybridized carbons (Fsp3) is 0.423. The first-order valence-corrected chi connectivity index (χ1v) is 11.3. The molecular weight excluding hydrogens is 412 g/mol. The van der Waals surface area contributed by atoms with Crippen LogP contribution in [0.3, 0.4) is 0 Å². The van der Waals surface area contributed by atoms with Gasteiger partial charge in [0.05, 0.1) is 0 Å². The van der Waals surface area contributed by atoms with E-state index in [1.165, 1.54) is 6.42 Å². The van der Waals surface area contributed by atoms with Crippen LogP contribution in [0.15, 0.2) is 66.2 Å². The van der Waals surface area contributed by atoms with Gasteiger partial charge < -0.3 is 14.2 Å². The minimum Gasteiger partial charge on any atom is -0.489 e. The summed E-state index contributed by atoms with van der Waals surface area (Å²) in [6, 6.07) is 17.9. The average molecular weight is 441 g/mol. The van der Waals surface area contributed by atoms with Gasteiger partial charge in [0.25, 0.3) is 0 Å². The number of rotatable bonds is 7. The largest absolute Gasteiger partial charge is 0.489 e.